The standard InChI is InChI=1S/C14H24ClN3O/c1-5-18(6-7-19-4)14-8-12(9-16-11(2)3)13(15)10-17-14/h8,10-11,16H,5-7,9H2,1-4H3. The zero-order valence-electron chi connectivity index (χ0n) is 12.2. The van der Waals surface area contributed by atoms with Crippen LogP contribution in [0.4, 0.5) is 5.82 Å². The minimum absolute atomic E-state index is 0.434. The molecule has 0 amide bonds. The summed E-state index contributed by atoms with van der Waals surface area (Å²) >= 11 is 6.19. The van der Waals surface area contributed by atoms with E-state index in [1.165, 1.54) is 0 Å². The van der Waals surface area contributed by atoms with Crippen molar-refractivity contribution in [2.24, 2.45) is 0 Å². The third-order valence-corrected chi connectivity index (χ3v) is 3.23. The number of rotatable bonds is 8. The number of ether oxygens (including phenoxy) is 1. The van der Waals surface area contributed by atoms with Gasteiger partial charge in [-0.25, -0.2) is 4.98 Å². The molecule has 0 spiro atoms. The summed E-state index contributed by atoms with van der Waals surface area (Å²) in [5.74, 6) is 0.949. The minimum atomic E-state index is 0.434. The van der Waals surface area contributed by atoms with Gasteiger partial charge in [0, 0.05) is 39.0 Å². The fourth-order valence-electron chi connectivity index (χ4n) is 1.73. The highest BCUT2D eigenvalue weighted by Crippen LogP contribution is 2.20. The molecule has 19 heavy (non-hydrogen) atoms. The Balaban J connectivity index is 2.80. The molecule has 0 atom stereocenters. The lowest BCUT2D eigenvalue weighted by Gasteiger charge is -2.22. The third-order valence-electron chi connectivity index (χ3n) is 2.89. The van der Waals surface area contributed by atoms with E-state index in [0.29, 0.717) is 17.7 Å². The first-order chi connectivity index (χ1) is 9.08. The Morgan fingerprint density at radius 2 is 2.21 bits per heavy atom. The van der Waals surface area contributed by atoms with Crippen LogP contribution in [-0.2, 0) is 11.3 Å². The predicted octanol–water partition coefficient (Wildman–Crippen LogP) is 2.71. The molecule has 0 aromatic carbocycles. The van der Waals surface area contributed by atoms with Crippen LogP contribution in [0.3, 0.4) is 0 Å². The van der Waals surface area contributed by atoms with Gasteiger partial charge in [0.05, 0.1) is 11.6 Å². The lowest BCUT2D eigenvalue weighted by molar-refractivity contribution is 0.205. The molecule has 108 valence electrons. The number of pyridine rings is 1. The third kappa shape index (κ3) is 5.35. The monoisotopic (exact) mass is 285 g/mol. The Kier molecular flexibility index (Phi) is 7.13. The maximum Gasteiger partial charge on any atom is 0.128 e. The van der Waals surface area contributed by atoms with E-state index in [1.807, 2.05) is 0 Å². The topological polar surface area (TPSA) is 37.4 Å². The van der Waals surface area contributed by atoms with E-state index in [0.717, 1.165) is 31.0 Å². The smallest absolute Gasteiger partial charge is 0.128 e. The Bertz CT molecular complexity index is 385. The zero-order valence-corrected chi connectivity index (χ0v) is 13.0. The van der Waals surface area contributed by atoms with E-state index in [-0.39, 0.29) is 0 Å². The molecule has 0 saturated heterocycles. The quantitative estimate of drug-likeness (QED) is 0.797. The van der Waals surface area contributed by atoms with Gasteiger partial charge in [0.25, 0.3) is 0 Å². The van der Waals surface area contributed by atoms with Gasteiger partial charge in [-0.1, -0.05) is 25.4 Å². The van der Waals surface area contributed by atoms with Gasteiger partial charge in [0.15, 0.2) is 0 Å². The second-order valence-electron chi connectivity index (χ2n) is 4.74. The van der Waals surface area contributed by atoms with Crippen LogP contribution in [0.2, 0.25) is 5.02 Å². The molecule has 0 fully saturated rings. The molecule has 0 bridgehead atoms. The van der Waals surface area contributed by atoms with Crippen LogP contribution in [0, 0.1) is 0 Å². The molecule has 0 aliphatic carbocycles. The molecular weight excluding hydrogens is 262 g/mol. The first-order valence-electron chi connectivity index (χ1n) is 6.70. The second-order valence-corrected chi connectivity index (χ2v) is 5.15. The highest BCUT2D eigenvalue weighted by Gasteiger charge is 2.09. The molecule has 1 heterocycles. The fraction of sp³-hybridized carbons (Fsp3) is 0.643. The lowest BCUT2D eigenvalue weighted by Crippen LogP contribution is -2.28. The van der Waals surface area contributed by atoms with E-state index in [1.54, 1.807) is 13.3 Å². The summed E-state index contributed by atoms with van der Waals surface area (Å²) in [7, 11) is 1.71. The van der Waals surface area contributed by atoms with Crippen molar-refractivity contribution >= 4 is 17.4 Å². The molecule has 4 nitrogen and oxygen atoms in total. The maximum absolute atomic E-state index is 6.19. The molecule has 1 N–H and O–H groups in total. The van der Waals surface area contributed by atoms with Crippen molar-refractivity contribution in [2.45, 2.75) is 33.4 Å². The van der Waals surface area contributed by atoms with Gasteiger partial charge in [-0.3, -0.25) is 0 Å². The van der Waals surface area contributed by atoms with Crippen LogP contribution in [0.25, 0.3) is 0 Å². The average molecular weight is 286 g/mol. The molecular formula is C14H24ClN3O. The van der Waals surface area contributed by atoms with Crippen molar-refractivity contribution in [3.63, 3.8) is 0 Å². The van der Waals surface area contributed by atoms with E-state index in [2.05, 4.69) is 42.0 Å². The van der Waals surface area contributed by atoms with Crippen LogP contribution in [-0.4, -0.2) is 37.8 Å². The first kappa shape index (κ1) is 16.2. The van der Waals surface area contributed by atoms with E-state index in [9.17, 15) is 0 Å². The van der Waals surface area contributed by atoms with Crippen LogP contribution in [0.5, 0.6) is 0 Å². The normalized spacial score (nSPS) is 11.1. The molecule has 5 heteroatoms. The first-order valence-corrected chi connectivity index (χ1v) is 7.08. The highest BCUT2D eigenvalue weighted by molar-refractivity contribution is 6.31. The molecule has 0 aliphatic heterocycles. The van der Waals surface area contributed by atoms with Gasteiger partial charge >= 0.3 is 0 Å². The van der Waals surface area contributed by atoms with Crippen molar-refractivity contribution in [3.05, 3.63) is 22.8 Å². The largest absolute Gasteiger partial charge is 0.383 e. The number of nitrogens with zero attached hydrogens (tertiary/aromatic N) is 2. The highest BCUT2D eigenvalue weighted by atomic mass is 35.5. The number of methoxy groups -OCH3 is 1. The molecule has 1 aromatic rings. The molecule has 0 unspecified atom stereocenters. The lowest BCUT2D eigenvalue weighted by atomic mass is 10.2. The Morgan fingerprint density at radius 1 is 1.47 bits per heavy atom. The van der Waals surface area contributed by atoms with Crippen molar-refractivity contribution in [1.82, 2.24) is 10.3 Å². The summed E-state index contributed by atoms with van der Waals surface area (Å²) in [6.45, 7) is 9.52. The van der Waals surface area contributed by atoms with Gasteiger partial charge in [-0.05, 0) is 18.6 Å². The summed E-state index contributed by atoms with van der Waals surface area (Å²) in [4.78, 5) is 6.58. The molecule has 1 rings (SSSR count). The number of anilines is 1. The van der Waals surface area contributed by atoms with Crippen molar-refractivity contribution in [1.29, 1.82) is 0 Å². The number of hydrogen-bond donors (Lipinski definition) is 1. The number of hydrogen-bond acceptors (Lipinski definition) is 4. The zero-order chi connectivity index (χ0) is 14.3. The van der Waals surface area contributed by atoms with Crippen LogP contribution in [0.1, 0.15) is 26.3 Å². The fourth-order valence-corrected chi connectivity index (χ4v) is 1.90. The number of halogens is 1. The van der Waals surface area contributed by atoms with E-state index < -0.39 is 0 Å². The Morgan fingerprint density at radius 3 is 2.79 bits per heavy atom. The van der Waals surface area contributed by atoms with Gasteiger partial charge in [-0.15, -0.1) is 0 Å². The van der Waals surface area contributed by atoms with E-state index >= 15 is 0 Å². The summed E-state index contributed by atoms with van der Waals surface area (Å²) in [6, 6.07) is 2.49. The second kappa shape index (κ2) is 8.35. The van der Waals surface area contributed by atoms with Crippen molar-refractivity contribution in [2.75, 3.05) is 31.7 Å². The number of nitrogens with one attached hydrogen (secondary N) is 1. The summed E-state index contributed by atoms with van der Waals surface area (Å²) < 4.78 is 5.12. The summed E-state index contributed by atoms with van der Waals surface area (Å²) in [6.07, 6.45) is 1.73. The number of likely N-dealkylation sites (N-methyl/N-ethyl adjacent to an activating group) is 1. The van der Waals surface area contributed by atoms with Crippen LogP contribution in [0.15, 0.2) is 12.3 Å². The predicted molar refractivity (Wildman–Crippen MR) is 81.0 cm³/mol. The number of aromatic nitrogens is 1. The minimum Gasteiger partial charge on any atom is -0.383 e. The Labute approximate surface area is 121 Å². The maximum atomic E-state index is 6.19. The van der Waals surface area contributed by atoms with Gasteiger partial charge in [0.2, 0.25) is 0 Å². The molecule has 0 radical (unpaired) electrons. The van der Waals surface area contributed by atoms with Crippen LogP contribution < -0.4 is 10.2 Å². The SMILES string of the molecule is CCN(CCOC)c1cc(CNC(C)C)c(Cl)cn1. The van der Waals surface area contributed by atoms with Gasteiger partial charge in [-0.2, -0.15) is 0 Å². The van der Waals surface area contributed by atoms with E-state index in [4.69, 9.17) is 16.3 Å². The van der Waals surface area contributed by atoms with Gasteiger partial charge in [0.1, 0.15) is 5.82 Å². The molecule has 1 aromatic heterocycles. The summed E-state index contributed by atoms with van der Waals surface area (Å²) in [5.41, 5.74) is 1.08. The summed E-state index contributed by atoms with van der Waals surface area (Å²) in [5, 5.41) is 4.08. The van der Waals surface area contributed by atoms with Crippen molar-refractivity contribution in [3.8, 4) is 0 Å². The average Bonchev–Trinajstić information content (AvgIpc) is 2.39. The van der Waals surface area contributed by atoms with Crippen LogP contribution >= 0.6 is 11.6 Å². The van der Waals surface area contributed by atoms with Gasteiger partial charge < -0.3 is 15.0 Å². The van der Waals surface area contributed by atoms with Crippen molar-refractivity contribution < 1.29 is 4.74 Å². The molecule has 0 saturated carbocycles. The molecule has 0 aliphatic rings. The Hall–Kier alpha value is -0.840.